The molecule has 1 saturated heterocycles. The number of benzene rings is 1. The second-order valence-corrected chi connectivity index (χ2v) is 7.42. The van der Waals surface area contributed by atoms with Crippen molar-refractivity contribution in [3.8, 4) is 0 Å². The zero-order valence-corrected chi connectivity index (χ0v) is 14.2. The highest BCUT2D eigenvalue weighted by Crippen LogP contribution is 2.37. The van der Waals surface area contributed by atoms with Crippen LogP contribution in [-0.2, 0) is 6.54 Å². The number of nitrogens with one attached hydrogen (secondary N) is 1. The van der Waals surface area contributed by atoms with Crippen molar-refractivity contribution >= 4 is 15.9 Å². The lowest BCUT2D eigenvalue weighted by Crippen LogP contribution is -2.56. The second kappa shape index (κ2) is 6.76. The predicted octanol–water partition coefficient (Wildman–Crippen LogP) is 3.94. The van der Waals surface area contributed by atoms with Crippen LogP contribution < -0.4 is 5.32 Å². The predicted molar refractivity (Wildman–Crippen MR) is 87.7 cm³/mol. The fourth-order valence-corrected chi connectivity index (χ4v) is 4.02. The summed E-state index contributed by atoms with van der Waals surface area (Å²) in [5, 5.41) is 3.70. The van der Waals surface area contributed by atoms with Crippen LogP contribution in [0.1, 0.15) is 38.2 Å². The van der Waals surface area contributed by atoms with Gasteiger partial charge >= 0.3 is 0 Å². The van der Waals surface area contributed by atoms with E-state index in [0.717, 1.165) is 35.6 Å². The summed E-state index contributed by atoms with van der Waals surface area (Å²) in [6, 6.07) is 6.46. The summed E-state index contributed by atoms with van der Waals surface area (Å²) in [7, 11) is 0. The van der Waals surface area contributed by atoms with Gasteiger partial charge in [-0.15, -0.1) is 0 Å². The molecule has 1 saturated carbocycles. The van der Waals surface area contributed by atoms with Crippen LogP contribution >= 0.6 is 15.9 Å². The van der Waals surface area contributed by atoms with Gasteiger partial charge in [-0.1, -0.05) is 29.3 Å². The van der Waals surface area contributed by atoms with Crippen LogP contribution in [0.5, 0.6) is 0 Å². The number of nitrogens with zero attached hydrogens (tertiary/aromatic N) is 1. The third kappa shape index (κ3) is 4.05. The number of halogens is 2. The molecular weight excluding hydrogens is 331 g/mol. The molecule has 0 aromatic heterocycles. The van der Waals surface area contributed by atoms with E-state index in [2.05, 4.69) is 33.1 Å². The van der Waals surface area contributed by atoms with Crippen molar-refractivity contribution in [1.29, 1.82) is 0 Å². The van der Waals surface area contributed by atoms with Crippen LogP contribution in [0.15, 0.2) is 22.7 Å². The molecule has 2 fully saturated rings. The maximum atomic E-state index is 13.6. The largest absolute Gasteiger partial charge is 0.311 e. The Morgan fingerprint density at radius 3 is 2.81 bits per heavy atom. The Balaban J connectivity index is 1.71. The summed E-state index contributed by atoms with van der Waals surface area (Å²) in [6.45, 7) is 5.27. The third-order valence-corrected chi connectivity index (χ3v) is 5.11. The normalized spacial score (nSPS) is 27.0. The van der Waals surface area contributed by atoms with E-state index in [0.29, 0.717) is 12.1 Å². The fourth-order valence-electron chi connectivity index (χ4n) is 3.51. The minimum absolute atomic E-state index is 0.150. The molecule has 3 rings (SSSR count). The Hall–Kier alpha value is -0.450. The van der Waals surface area contributed by atoms with Gasteiger partial charge in [0.1, 0.15) is 5.82 Å². The van der Waals surface area contributed by atoms with Crippen LogP contribution in [0.3, 0.4) is 0 Å². The summed E-state index contributed by atoms with van der Waals surface area (Å²) in [4.78, 5) is 2.58. The number of rotatable bonds is 5. The molecule has 116 valence electrons. The average molecular weight is 355 g/mol. The van der Waals surface area contributed by atoms with Gasteiger partial charge in [0.05, 0.1) is 0 Å². The molecule has 1 aliphatic carbocycles. The first-order chi connectivity index (χ1) is 10.2. The van der Waals surface area contributed by atoms with Gasteiger partial charge in [0, 0.05) is 36.2 Å². The van der Waals surface area contributed by atoms with Crippen LogP contribution in [0, 0.1) is 11.7 Å². The topological polar surface area (TPSA) is 15.3 Å². The Morgan fingerprint density at radius 1 is 1.33 bits per heavy atom. The van der Waals surface area contributed by atoms with Crippen molar-refractivity contribution in [1.82, 2.24) is 10.2 Å². The molecule has 2 nitrogen and oxygen atoms in total. The molecule has 0 bridgehead atoms. The molecule has 1 aliphatic heterocycles. The van der Waals surface area contributed by atoms with Gasteiger partial charge in [-0.3, -0.25) is 4.90 Å². The minimum atomic E-state index is -0.150. The third-order valence-electron chi connectivity index (χ3n) is 4.65. The quantitative estimate of drug-likeness (QED) is 0.861. The van der Waals surface area contributed by atoms with Crippen molar-refractivity contribution in [3.63, 3.8) is 0 Å². The summed E-state index contributed by atoms with van der Waals surface area (Å²) in [6.07, 6.45) is 5.15. The molecule has 2 atom stereocenters. The Bertz CT molecular complexity index is 469. The average Bonchev–Trinajstić information content (AvgIpc) is 3.22. The van der Waals surface area contributed by atoms with Gasteiger partial charge < -0.3 is 5.32 Å². The van der Waals surface area contributed by atoms with Gasteiger partial charge in [-0.05, 0) is 48.9 Å². The molecule has 2 unspecified atom stereocenters. The summed E-state index contributed by atoms with van der Waals surface area (Å²) < 4.78 is 14.4. The maximum absolute atomic E-state index is 13.6. The fraction of sp³-hybridized carbons (Fsp3) is 0.647. The lowest BCUT2D eigenvalue weighted by molar-refractivity contribution is 0.104. The summed E-state index contributed by atoms with van der Waals surface area (Å²) in [5.74, 6) is 0.694. The molecular formula is C17H24BrFN2. The zero-order valence-electron chi connectivity index (χ0n) is 12.6. The molecule has 4 heteroatoms. The monoisotopic (exact) mass is 354 g/mol. The molecule has 1 heterocycles. The molecule has 21 heavy (non-hydrogen) atoms. The molecule has 1 N–H and O–H groups in total. The van der Waals surface area contributed by atoms with Crippen LogP contribution in [0.2, 0.25) is 0 Å². The van der Waals surface area contributed by atoms with E-state index in [1.807, 2.05) is 6.07 Å². The minimum Gasteiger partial charge on any atom is -0.311 e. The second-order valence-electron chi connectivity index (χ2n) is 6.51. The Kier molecular flexibility index (Phi) is 4.97. The summed E-state index contributed by atoms with van der Waals surface area (Å²) in [5.41, 5.74) is 1.07. The van der Waals surface area contributed by atoms with Crippen LogP contribution in [-0.4, -0.2) is 30.1 Å². The first-order valence-corrected chi connectivity index (χ1v) is 8.87. The van der Waals surface area contributed by atoms with Crippen LogP contribution in [0.4, 0.5) is 4.39 Å². The van der Waals surface area contributed by atoms with Gasteiger partial charge in [-0.25, -0.2) is 4.39 Å². The van der Waals surface area contributed by atoms with E-state index >= 15 is 0 Å². The zero-order chi connectivity index (χ0) is 14.8. The van der Waals surface area contributed by atoms with E-state index in [1.165, 1.54) is 31.7 Å². The van der Waals surface area contributed by atoms with Crippen molar-refractivity contribution in [2.75, 3.05) is 13.1 Å². The van der Waals surface area contributed by atoms with Crippen molar-refractivity contribution in [2.45, 2.75) is 51.2 Å². The van der Waals surface area contributed by atoms with Crippen molar-refractivity contribution in [3.05, 3.63) is 34.1 Å². The van der Waals surface area contributed by atoms with Gasteiger partial charge in [0.15, 0.2) is 0 Å². The highest BCUT2D eigenvalue weighted by Gasteiger charge is 2.38. The van der Waals surface area contributed by atoms with E-state index in [1.54, 1.807) is 6.07 Å². The SMILES string of the molecule is CCCC1CN(Cc2cc(F)cc(Br)c2)C(C2CC2)CN1. The number of piperazine rings is 1. The van der Waals surface area contributed by atoms with Crippen LogP contribution in [0.25, 0.3) is 0 Å². The number of hydrogen-bond acceptors (Lipinski definition) is 2. The van der Waals surface area contributed by atoms with E-state index in [9.17, 15) is 4.39 Å². The molecule has 0 amide bonds. The molecule has 1 aromatic rings. The van der Waals surface area contributed by atoms with E-state index < -0.39 is 0 Å². The maximum Gasteiger partial charge on any atom is 0.124 e. The number of hydrogen-bond donors (Lipinski definition) is 1. The molecule has 1 aromatic carbocycles. The molecule has 0 radical (unpaired) electrons. The molecule has 0 spiro atoms. The van der Waals surface area contributed by atoms with E-state index in [4.69, 9.17) is 0 Å². The first kappa shape index (κ1) is 15.4. The summed E-state index contributed by atoms with van der Waals surface area (Å²) >= 11 is 3.40. The van der Waals surface area contributed by atoms with Gasteiger partial charge in [0.25, 0.3) is 0 Å². The smallest absolute Gasteiger partial charge is 0.124 e. The standard InChI is InChI=1S/C17H24BrFN2/c1-2-3-16-11-21(17(9-20-16)13-4-5-13)10-12-6-14(18)8-15(19)7-12/h6-8,13,16-17,20H,2-5,9-11H2,1H3. The Morgan fingerprint density at radius 2 is 2.14 bits per heavy atom. The lowest BCUT2D eigenvalue weighted by Gasteiger charge is -2.41. The van der Waals surface area contributed by atoms with Gasteiger partial charge in [-0.2, -0.15) is 0 Å². The van der Waals surface area contributed by atoms with Crippen molar-refractivity contribution < 1.29 is 4.39 Å². The highest BCUT2D eigenvalue weighted by atomic mass is 79.9. The highest BCUT2D eigenvalue weighted by molar-refractivity contribution is 9.10. The van der Waals surface area contributed by atoms with E-state index in [-0.39, 0.29) is 5.82 Å². The van der Waals surface area contributed by atoms with Gasteiger partial charge in [0.2, 0.25) is 0 Å². The Labute approximate surface area is 135 Å². The molecule has 2 aliphatic rings. The lowest BCUT2D eigenvalue weighted by atomic mass is 10.0. The first-order valence-electron chi connectivity index (χ1n) is 8.08. The van der Waals surface area contributed by atoms with Crippen molar-refractivity contribution in [2.24, 2.45) is 5.92 Å².